The van der Waals surface area contributed by atoms with E-state index in [1.807, 2.05) is 0 Å². The van der Waals surface area contributed by atoms with Crippen LogP contribution in [-0.2, 0) is 16.6 Å². The van der Waals surface area contributed by atoms with Crippen LogP contribution in [0.2, 0.25) is 0 Å². The number of esters is 1. The Hall–Kier alpha value is -3.10. The maximum absolute atomic E-state index is 12.5. The number of ketones is 1. The zero-order valence-electron chi connectivity index (χ0n) is 25.2. The smallest absolute Gasteiger partial charge is 0.352 e. The van der Waals surface area contributed by atoms with Gasteiger partial charge in [0.2, 0.25) is 0 Å². The summed E-state index contributed by atoms with van der Waals surface area (Å²) in [5, 5.41) is 7.69. The maximum atomic E-state index is 12.5. The summed E-state index contributed by atoms with van der Waals surface area (Å²) in [6.07, 6.45) is 22.7. The molecule has 1 aliphatic rings. The molecule has 0 saturated heterocycles. The highest BCUT2D eigenvalue weighted by molar-refractivity contribution is 5.99. The number of fused-ring (bicyclic) bond motifs is 1. The highest BCUT2D eigenvalue weighted by Crippen LogP contribution is 2.28. The molecule has 3 rings (SSSR count). The lowest BCUT2D eigenvalue weighted by Crippen LogP contribution is -2.27. The van der Waals surface area contributed by atoms with Gasteiger partial charge >= 0.3 is 11.7 Å². The number of allylic oxidation sites excluding steroid dienone is 2. The maximum Gasteiger partial charge on any atom is 0.352 e. The first-order chi connectivity index (χ1) is 19.9. The number of ether oxygens (including phenoxy) is 1. The first kappa shape index (κ1) is 32.4. The number of aryl methyl sites for hydroxylation is 1. The van der Waals surface area contributed by atoms with Gasteiger partial charge < -0.3 is 4.74 Å². The molecular weight excluding hydrogens is 518 g/mol. The number of hydrogen-bond donors (Lipinski definition) is 0. The lowest BCUT2D eigenvalue weighted by molar-refractivity contribution is -0.142. The van der Waals surface area contributed by atoms with Gasteiger partial charge in [0, 0.05) is 19.9 Å². The molecule has 2 aromatic rings. The number of imidazole rings is 1. The Kier molecular flexibility index (Phi) is 14.0. The molecule has 0 radical (unpaired) electrons. The largest absolute Gasteiger partial charge is 0.461 e. The number of carbonyl (C=O) groups excluding carboxylic acids is 2. The van der Waals surface area contributed by atoms with Crippen molar-refractivity contribution >= 4 is 17.4 Å². The first-order valence-electron chi connectivity index (χ1n) is 15.7. The quantitative estimate of drug-likeness (QED) is 0.0758. The SMILES string of the molecule is C=C(C)C1CC=C(COC(=O)CCCCCCCCCCCCCCCC(=O)c2ncn3c(=O)n(C)nnc23)CC1. The second-order valence-electron chi connectivity index (χ2n) is 11.6. The monoisotopic (exact) mass is 567 g/mol. The van der Waals surface area contributed by atoms with Crippen LogP contribution in [0.3, 0.4) is 0 Å². The van der Waals surface area contributed by atoms with E-state index in [0.717, 1.165) is 56.0 Å². The molecule has 0 saturated carbocycles. The van der Waals surface area contributed by atoms with Crippen LogP contribution < -0.4 is 5.69 Å². The average molecular weight is 568 g/mol. The molecule has 1 unspecified atom stereocenters. The third kappa shape index (κ3) is 11.0. The van der Waals surface area contributed by atoms with Crippen LogP contribution in [0.4, 0.5) is 0 Å². The fraction of sp³-hybridized carbons (Fsp3) is 0.688. The first-order valence-corrected chi connectivity index (χ1v) is 15.7. The number of aromatic nitrogens is 5. The van der Waals surface area contributed by atoms with Gasteiger partial charge in [-0.1, -0.05) is 94.1 Å². The van der Waals surface area contributed by atoms with Crippen molar-refractivity contribution < 1.29 is 14.3 Å². The zero-order chi connectivity index (χ0) is 29.5. The Balaban J connectivity index is 1.08. The van der Waals surface area contributed by atoms with E-state index in [0.29, 0.717) is 25.4 Å². The normalized spacial score (nSPS) is 15.2. The van der Waals surface area contributed by atoms with Crippen LogP contribution >= 0.6 is 0 Å². The van der Waals surface area contributed by atoms with Gasteiger partial charge in [0.15, 0.2) is 17.1 Å². The zero-order valence-corrected chi connectivity index (χ0v) is 25.2. The summed E-state index contributed by atoms with van der Waals surface area (Å²) in [4.78, 5) is 40.6. The van der Waals surface area contributed by atoms with Gasteiger partial charge in [-0.15, -0.1) is 5.10 Å². The van der Waals surface area contributed by atoms with E-state index in [4.69, 9.17) is 4.74 Å². The van der Waals surface area contributed by atoms with Crippen molar-refractivity contribution in [2.75, 3.05) is 6.61 Å². The van der Waals surface area contributed by atoms with Crippen molar-refractivity contribution in [1.82, 2.24) is 24.4 Å². The number of carbonyl (C=O) groups is 2. The third-order valence-electron chi connectivity index (χ3n) is 8.17. The van der Waals surface area contributed by atoms with E-state index in [1.54, 1.807) is 0 Å². The molecule has 0 bridgehead atoms. The average Bonchev–Trinajstić information content (AvgIpc) is 3.41. The van der Waals surface area contributed by atoms with Crippen molar-refractivity contribution in [2.45, 2.75) is 122 Å². The van der Waals surface area contributed by atoms with E-state index in [9.17, 15) is 14.4 Å². The van der Waals surface area contributed by atoms with E-state index in [1.165, 1.54) is 80.3 Å². The van der Waals surface area contributed by atoms with Crippen molar-refractivity contribution in [3.63, 3.8) is 0 Å². The number of Topliss-reactive ketones (excluding diaryl/α,β-unsaturated/α-hetero) is 1. The van der Waals surface area contributed by atoms with Gasteiger partial charge in [0.05, 0.1) is 0 Å². The summed E-state index contributed by atoms with van der Waals surface area (Å²) >= 11 is 0. The molecule has 2 aromatic heterocycles. The minimum atomic E-state index is -0.364. The van der Waals surface area contributed by atoms with Crippen molar-refractivity contribution in [2.24, 2.45) is 13.0 Å². The molecular formula is C32H49N5O4. The standard InChI is InChI=1S/C32H49N5O4/c1-25(2)27-21-19-26(20-22-27)23-41-29(39)18-16-14-12-10-8-6-4-5-7-9-11-13-15-17-28(38)30-31-34-35-36(3)32(40)37(31)24-33-30/h19,24,27H,1,4-18,20-23H2,2-3H3. The molecule has 0 fully saturated rings. The molecule has 41 heavy (non-hydrogen) atoms. The fourth-order valence-corrected chi connectivity index (χ4v) is 5.41. The van der Waals surface area contributed by atoms with Gasteiger partial charge in [-0.25, -0.2) is 14.2 Å². The minimum absolute atomic E-state index is 0.0608. The Bertz CT molecular complexity index is 1230. The topological polar surface area (TPSA) is 108 Å². The highest BCUT2D eigenvalue weighted by atomic mass is 16.5. The predicted octanol–water partition coefficient (Wildman–Crippen LogP) is 6.70. The summed E-state index contributed by atoms with van der Waals surface area (Å²) in [6, 6.07) is 0. The lowest BCUT2D eigenvalue weighted by Gasteiger charge is -2.21. The van der Waals surface area contributed by atoms with Gasteiger partial charge in [-0.05, 0) is 50.5 Å². The van der Waals surface area contributed by atoms with E-state index >= 15 is 0 Å². The van der Waals surface area contributed by atoms with Crippen molar-refractivity contribution in [1.29, 1.82) is 0 Å². The van der Waals surface area contributed by atoms with E-state index in [2.05, 4.69) is 34.9 Å². The minimum Gasteiger partial charge on any atom is -0.461 e. The molecule has 0 amide bonds. The Labute approximate surface area is 244 Å². The highest BCUT2D eigenvalue weighted by Gasteiger charge is 2.17. The molecule has 2 heterocycles. The van der Waals surface area contributed by atoms with Gasteiger partial charge in [-0.3, -0.25) is 9.59 Å². The molecule has 9 nitrogen and oxygen atoms in total. The summed E-state index contributed by atoms with van der Waals surface area (Å²) in [7, 11) is 1.51. The van der Waals surface area contributed by atoms with Crippen molar-refractivity contribution in [3.8, 4) is 0 Å². The van der Waals surface area contributed by atoms with Crippen LogP contribution in [0.15, 0.2) is 34.9 Å². The molecule has 226 valence electrons. The van der Waals surface area contributed by atoms with E-state index < -0.39 is 0 Å². The van der Waals surface area contributed by atoms with Gasteiger partial charge in [-0.2, -0.15) is 4.68 Å². The number of rotatable bonds is 20. The molecule has 9 heteroatoms. The number of unbranched alkanes of at least 4 members (excludes halogenated alkanes) is 12. The number of hydrogen-bond acceptors (Lipinski definition) is 7. The van der Waals surface area contributed by atoms with Crippen LogP contribution in [0.1, 0.15) is 133 Å². The Morgan fingerprint density at radius 3 is 2.10 bits per heavy atom. The van der Waals surface area contributed by atoms with Crippen molar-refractivity contribution in [3.05, 3.63) is 46.3 Å². The van der Waals surface area contributed by atoms with Gasteiger partial charge in [0.25, 0.3) is 0 Å². The molecule has 0 aromatic carbocycles. The van der Waals surface area contributed by atoms with E-state index in [-0.39, 0.29) is 28.8 Å². The molecule has 1 atom stereocenters. The van der Waals surface area contributed by atoms with Crippen LogP contribution in [0, 0.1) is 5.92 Å². The summed E-state index contributed by atoms with van der Waals surface area (Å²) < 4.78 is 7.85. The van der Waals surface area contributed by atoms with Crippen LogP contribution in [0.25, 0.3) is 5.65 Å². The Morgan fingerprint density at radius 1 is 0.951 bits per heavy atom. The lowest BCUT2D eigenvalue weighted by atomic mass is 9.86. The predicted molar refractivity (Wildman–Crippen MR) is 161 cm³/mol. The second kappa shape index (κ2) is 17.7. The Morgan fingerprint density at radius 2 is 1.54 bits per heavy atom. The molecule has 0 N–H and O–H groups in total. The summed E-state index contributed by atoms with van der Waals surface area (Å²) in [6.45, 7) is 6.61. The summed E-state index contributed by atoms with van der Waals surface area (Å²) in [5.74, 6) is 0.443. The fourth-order valence-electron chi connectivity index (χ4n) is 5.41. The van der Waals surface area contributed by atoms with Crippen LogP contribution in [-0.4, -0.2) is 42.7 Å². The molecule has 1 aliphatic carbocycles. The third-order valence-corrected chi connectivity index (χ3v) is 8.17. The molecule has 0 spiro atoms. The number of nitrogens with zero attached hydrogens (tertiary/aromatic N) is 5. The van der Waals surface area contributed by atoms with Gasteiger partial charge in [0.1, 0.15) is 12.9 Å². The molecule has 0 aliphatic heterocycles. The van der Waals surface area contributed by atoms with Crippen LogP contribution in [0.5, 0.6) is 0 Å². The second-order valence-corrected chi connectivity index (χ2v) is 11.6. The summed E-state index contributed by atoms with van der Waals surface area (Å²) in [5.41, 5.74) is 2.62.